The van der Waals surface area contributed by atoms with E-state index < -0.39 is 12.0 Å². The lowest BCUT2D eigenvalue weighted by molar-refractivity contribution is -0.138. The summed E-state index contributed by atoms with van der Waals surface area (Å²) >= 11 is 1.25. The molecule has 0 saturated heterocycles. The van der Waals surface area contributed by atoms with E-state index in [0.29, 0.717) is 0 Å². The zero-order chi connectivity index (χ0) is 12.0. The second-order valence-electron chi connectivity index (χ2n) is 3.58. The van der Waals surface area contributed by atoms with E-state index in [0.717, 1.165) is 0 Å². The molecule has 0 aromatic carbocycles. The highest BCUT2D eigenvalue weighted by molar-refractivity contribution is 8.00. The number of carboxylic acids is 1. The standard InChI is InChI=1S/C9H18N2O3S/c1-5(2)11-8(12)6(3)15-4-7(10)9(13)14/h5-7H,4,10H2,1-3H3,(H,11,12)(H,13,14). The van der Waals surface area contributed by atoms with Crippen molar-refractivity contribution in [3.8, 4) is 0 Å². The fourth-order valence-electron chi connectivity index (χ4n) is 0.797. The van der Waals surface area contributed by atoms with Gasteiger partial charge in [-0.15, -0.1) is 11.8 Å². The second-order valence-corrected chi connectivity index (χ2v) is 4.96. The van der Waals surface area contributed by atoms with Crippen LogP contribution >= 0.6 is 11.8 Å². The topological polar surface area (TPSA) is 92.4 Å². The van der Waals surface area contributed by atoms with E-state index in [-0.39, 0.29) is 23.0 Å². The zero-order valence-corrected chi connectivity index (χ0v) is 10.0. The molecule has 2 atom stereocenters. The molecule has 0 aromatic rings. The van der Waals surface area contributed by atoms with Crippen LogP contribution in [0.25, 0.3) is 0 Å². The minimum absolute atomic E-state index is 0.0902. The minimum Gasteiger partial charge on any atom is -0.480 e. The van der Waals surface area contributed by atoms with Gasteiger partial charge < -0.3 is 16.2 Å². The normalized spacial score (nSPS) is 14.7. The van der Waals surface area contributed by atoms with Crippen LogP contribution in [0.1, 0.15) is 20.8 Å². The summed E-state index contributed by atoms with van der Waals surface area (Å²) in [6.07, 6.45) is 0. The smallest absolute Gasteiger partial charge is 0.321 e. The van der Waals surface area contributed by atoms with Gasteiger partial charge in [0.25, 0.3) is 0 Å². The Balaban J connectivity index is 3.87. The molecule has 0 fully saturated rings. The molecule has 0 heterocycles. The molecule has 0 rings (SSSR count). The number of hydrogen-bond acceptors (Lipinski definition) is 4. The van der Waals surface area contributed by atoms with Gasteiger partial charge in [0.05, 0.1) is 5.25 Å². The van der Waals surface area contributed by atoms with Gasteiger partial charge in [-0.2, -0.15) is 0 Å². The van der Waals surface area contributed by atoms with Gasteiger partial charge in [0.1, 0.15) is 6.04 Å². The van der Waals surface area contributed by atoms with E-state index in [1.54, 1.807) is 6.92 Å². The number of nitrogens with two attached hydrogens (primary N) is 1. The summed E-state index contributed by atoms with van der Waals surface area (Å²) < 4.78 is 0. The van der Waals surface area contributed by atoms with Gasteiger partial charge in [-0.05, 0) is 20.8 Å². The maximum Gasteiger partial charge on any atom is 0.321 e. The van der Waals surface area contributed by atoms with Crippen molar-refractivity contribution in [2.24, 2.45) is 5.73 Å². The molecule has 5 nitrogen and oxygen atoms in total. The summed E-state index contributed by atoms with van der Waals surface area (Å²) in [5, 5.41) is 11.0. The molecule has 0 bridgehead atoms. The molecule has 0 aliphatic rings. The van der Waals surface area contributed by atoms with E-state index >= 15 is 0 Å². The summed E-state index contributed by atoms with van der Waals surface area (Å²) in [7, 11) is 0. The first-order valence-electron chi connectivity index (χ1n) is 4.75. The molecule has 4 N–H and O–H groups in total. The van der Waals surface area contributed by atoms with Crippen LogP contribution in [0.15, 0.2) is 0 Å². The molecular weight excluding hydrogens is 216 g/mol. The Bertz CT molecular complexity index is 233. The number of aliphatic carboxylic acids is 1. The van der Waals surface area contributed by atoms with Crippen molar-refractivity contribution in [2.45, 2.75) is 38.1 Å². The number of amides is 1. The van der Waals surface area contributed by atoms with Crippen molar-refractivity contribution in [1.82, 2.24) is 5.32 Å². The summed E-state index contributed by atoms with van der Waals surface area (Å²) in [6, 6.07) is -0.821. The molecule has 1 amide bonds. The Kier molecular flexibility index (Phi) is 6.35. The lowest BCUT2D eigenvalue weighted by Gasteiger charge is -2.15. The summed E-state index contributed by atoms with van der Waals surface area (Å²) in [5.41, 5.74) is 5.31. The Morgan fingerprint density at radius 3 is 2.33 bits per heavy atom. The van der Waals surface area contributed by atoms with Crippen molar-refractivity contribution in [2.75, 3.05) is 5.75 Å². The van der Waals surface area contributed by atoms with Gasteiger partial charge in [-0.1, -0.05) is 0 Å². The molecule has 0 radical (unpaired) electrons. The maximum absolute atomic E-state index is 11.4. The zero-order valence-electron chi connectivity index (χ0n) is 9.19. The van der Waals surface area contributed by atoms with Gasteiger partial charge in [-0.25, -0.2) is 0 Å². The predicted molar refractivity (Wildman–Crippen MR) is 60.8 cm³/mol. The number of carbonyl (C=O) groups is 2. The Hall–Kier alpha value is -0.750. The van der Waals surface area contributed by atoms with Crippen molar-refractivity contribution < 1.29 is 14.7 Å². The lowest BCUT2D eigenvalue weighted by atomic mass is 10.3. The van der Waals surface area contributed by atoms with Crippen molar-refractivity contribution in [1.29, 1.82) is 0 Å². The Morgan fingerprint density at radius 1 is 1.40 bits per heavy atom. The van der Waals surface area contributed by atoms with Crippen molar-refractivity contribution >= 4 is 23.6 Å². The Morgan fingerprint density at radius 2 is 1.93 bits per heavy atom. The first-order valence-corrected chi connectivity index (χ1v) is 5.79. The van der Waals surface area contributed by atoms with Gasteiger partial charge in [0.2, 0.25) is 5.91 Å². The average molecular weight is 234 g/mol. The van der Waals surface area contributed by atoms with E-state index in [1.807, 2.05) is 13.8 Å². The number of carbonyl (C=O) groups excluding carboxylic acids is 1. The largest absolute Gasteiger partial charge is 0.480 e. The second kappa shape index (κ2) is 6.68. The number of hydrogen-bond donors (Lipinski definition) is 3. The van der Waals surface area contributed by atoms with Crippen LogP contribution in [-0.2, 0) is 9.59 Å². The SMILES string of the molecule is CC(C)NC(=O)C(C)SCC(N)C(=O)O. The quantitative estimate of drug-likeness (QED) is 0.603. The predicted octanol–water partition coefficient (Wildman–Crippen LogP) is 0.0446. The first kappa shape index (κ1) is 14.2. The summed E-state index contributed by atoms with van der Waals surface area (Å²) in [5.74, 6) is -0.895. The Labute approximate surface area is 93.8 Å². The average Bonchev–Trinajstić information content (AvgIpc) is 2.12. The molecule has 0 aromatic heterocycles. The third-order valence-electron chi connectivity index (χ3n) is 1.64. The third kappa shape index (κ3) is 6.35. The number of nitrogens with one attached hydrogen (secondary N) is 1. The third-order valence-corrected chi connectivity index (χ3v) is 2.91. The van der Waals surface area contributed by atoms with Gasteiger partial charge >= 0.3 is 5.97 Å². The summed E-state index contributed by atoms with van der Waals surface area (Å²) in [6.45, 7) is 5.48. The fourth-order valence-corrected chi connectivity index (χ4v) is 1.65. The first-order chi connectivity index (χ1) is 6.84. The number of carboxylic acid groups (broad SMARTS) is 1. The fraction of sp³-hybridized carbons (Fsp3) is 0.778. The molecular formula is C9H18N2O3S. The van der Waals surface area contributed by atoms with Crippen LogP contribution in [0.5, 0.6) is 0 Å². The molecule has 0 saturated carbocycles. The molecule has 0 aliphatic heterocycles. The van der Waals surface area contributed by atoms with Crippen molar-refractivity contribution in [3.63, 3.8) is 0 Å². The van der Waals surface area contributed by atoms with Gasteiger partial charge in [0.15, 0.2) is 0 Å². The highest BCUT2D eigenvalue weighted by atomic mass is 32.2. The monoisotopic (exact) mass is 234 g/mol. The van der Waals surface area contributed by atoms with E-state index in [4.69, 9.17) is 10.8 Å². The molecule has 6 heteroatoms. The molecule has 2 unspecified atom stereocenters. The van der Waals surface area contributed by atoms with Crippen LogP contribution in [0, 0.1) is 0 Å². The van der Waals surface area contributed by atoms with Crippen LogP contribution < -0.4 is 11.1 Å². The molecule has 0 spiro atoms. The summed E-state index contributed by atoms with van der Waals surface area (Å²) in [4.78, 5) is 21.8. The highest BCUT2D eigenvalue weighted by Gasteiger charge is 2.18. The van der Waals surface area contributed by atoms with Gasteiger partial charge in [0, 0.05) is 11.8 Å². The van der Waals surface area contributed by atoms with Crippen LogP contribution in [0.3, 0.4) is 0 Å². The lowest BCUT2D eigenvalue weighted by Crippen LogP contribution is -2.38. The molecule has 15 heavy (non-hydrogen) atoms. The number of rotatable bonds is 6. The molecule has 0 aliphatic carbocycles. The molecule has 88 valence electrons. The van der Waals surface area contributed by atoms with Crippen LogP contribution in [0.4, 0.5) is 0 Å². The number of thioether (sulfide) groups is 1. The van der Waals surface area contributed by atoms with Crippen LogP contribution in [-0.4, -0.2) is 40.1 Å². The van der Waals surface area contributed by atoms with E-state index in [9.17, 15) is 9.59 Å². The minimum atomic E-state index is -1.04. The van der Waals surface area contributed by atoms with E-state index in [1.165, 1.54) is 11.8 Å². The highest BCUT2D eigenvalue weighted by Crippen LogP contribution is 2.11. The van der Waals surface area contributed by atoms with Crippen LogP contribution in [0.2, 0.25) is 0 Å². The van der Waals surface area contributed by atoms with Crippen molar-refractivity contribution in [3.05, 3.63) is 0 Å². The van der Waals surface area contributed by atoms with Gasteiger partial charge in [-0.3, -0.25) is 9.59 Å². The maximum atomic E-state index is 11.4. The van der Waals surface area contributed by atoms with E-state index in [2.05, 4.69) is 5.32 Å².